The van der Waals surface area contributed by atoms with Gasteiger partial charge in [0.05, 0.1) is 33.8 Å². The SMILES string of the molecule is CCOC(=O)c1cc(C(=O)c2cccc([N+](=O)[O-])c2)n2c1ccc1cc(C)ccc12. The van der Waals surface area contributed by atoms with E-state index in [0.717, 1.165) is 16.5 Å². The normalized spacial score (nSPS) is 11.0. The van der Waals surface area contributed by atoms with Gasteiger partial charge < -0.3 is 9.14 Å². The van der Waals surface area contributed by atoms with Crippen molar-refractivity contribution < 1.29 is 19.2 Å². The van der Waals surface area contributed by atoms with E-state index in [4.69, 9.17) is 4.74 Å². The van der Waals surface area contributed by atoms with E-state index >= 15 is 0 Å². The summed E-state index contributed by atoms with van der Waals surface area (Å²) in [4.78, 5) is 36.5. The molecule has 0 N–H and O–H groups in total. The van der Waals surface area contributed by atoms with Crippen molar-refractivity contribution >= 4 is 33.9 Å². The standard InChI is InChI=1S/C23H18N2O5/c1-3-30-23(27)18-13-21(22(26)16-5-4-6-17(12-16)25(28)29)24-19-9-7-14(2)11-15(19)8-10-20(18)24/h4-13H,3H2,1-2H3. The second kappa shape index (κ2) is 7.44. The van der Waals surface area contributed by atoms with Crippen molar-refractivity contribution in [3.63, 3.8) is 0 Å². The van der Waals surface area contributed by atoms with E-state index in [-0.39, 0.29) is 29.1 Å². The van der Waals surface area contributed by atoms with E-state index in [1.54, 1.807) is 17.4 Å². The molecule has 0 saturated carbocycles. The number of ether oxygens (including phenoxy) is 1. The van der Waals surface area contributed by atoms with E-state index < -0.39 is 16.7 Å². The first-order chi connectivity index (χ1) is 14.4. The number of ketones is 1. The third kappa shape index (κ3) is 3.20. The molecule has 0 unspecified atom stereocenters. The monoisotopic (exact) mass is 402 g/mol. The van der Waals surface area contributed by atoms with Crippen LogP contribution in [0.5, 0.6) is 0 Å². The molecule has 150 valence electrons. The number of non-ortho nitro benzene ring substituents is 1. The van der Waals surface area contributed by atoms with Crippen LogP contribution in [0.25, 0.3) is 16.4 Å². The lowest BCUT2D eigenvalue weighted by Crippen LogP contribution is -2.06. The van der Waals surface area contributed by atoms with E-state index in [2.05, 4.69) is 0 Å². The number of rotatable bonds is 5. The van der Waals surface area contributed by atoms with Gasteiger partial charge in [-0.05, 0) is 43.5 Å². The number of nitro benzene ring substituents is 1. The molecule has 0 spiro atoms. The van der Waals surface area contributed by atoms with Crippen molar-refractivity contribution in [2.24, 2.45) is 0 Å². The Hall–Kier alpha value is -4.00. The van der Waals surface area contributed by atoms with Crippen molar-refractivity contribution in [3.05, 3.63) is 93.2 Å². The highest BCUT2D eigenvalue weighted by atomic mass is 16.6. The summed E-state index contributed by atoms with van der Waals surface area (Å²) in [6.07, 6.45) is 0. The first-order valence-corrected chi connectivity index (χ1v) is 9.42. The van der Waals surface area contributed by atoms with Crippen LogP contribution in [-0.2, 0) is 4.74 Å². The molecule has 4 rings (SSSR count). The number of nitrogens with zero attached hydrogens (tertiary/aromatic N) is 2. The molecule has 0 atom stereocenters. The number of carbonyl (C=O) groups is 2. The molecular weight excluding hydrogens is 384 g/mol. The number of hydrogen-bond acceptors (Lipinski definition) is 5. The number of aromatic nitrogens is 1. The summed E-state index contributed by atoms with van der Waals surface area (Å²) in [6, 6.07) is 16.5. The highest BCUT2D eigenvalue weighted by Crippen LogP contribution is 2.27. The molecular formula is C23H18N2O5. The van der Waals surface area contributed by atoms with E-state index in [9.17, 15) is 19.7 Å². The smallest absolute Gasteiger partial charge is 0.340 e. The molecule has 0 saturated heterocycles. The zero-order valence-corrected chi connectivity index (χ0v) is 16.4. The van der Waals surface area contributed by atoms with Crippen LogP contribution in [0.4, 0.5) is 5.69 Å². The predicted molar refractivity (Wildman–Crippen MR) is 112 cm³/mol. The van der Waals surface area contributed by atoms with Gasteiger partial charge in [-0.2, -0.15) is 0 Å². The number of nitro groups is 1. The van der Waals surface area contributed by atoms with Gasteiger partial charge in [-0.15, -0.1) is 0 Å². The Labute approximate surface area is 171 Å². The summed E-state index contributed by atoms with van der Waals surface area (Å²) in [5.41, 5.74) is 2.86. The first kappa shape index (κ1) is 19.3. The fourth-order valence-corrected chi connectivity index (χ4v) is 3.58. The molecule has 2 aromatic heterocycles. The van der Waals surface area contributed by atoms with E-state index in [0.29, 0.717) is 5.52 Å². The quantitative estimate of drug-likeness (QED) is 0.209. The van der Waals surface area contributed by atoms with Crippen LogP contribution < -0.4 is 0 Å². The first-order valence-electron chi connectivity index (χ1n) is 9.42. The maximum atomic E-state index is 13.3. The third-order valence-corrected chi connectivity index (χ3v) is 4.93. The second-order valence-corrected chi connectivity index (χ2v) is 6.92. The van der Waals surface area contributed by atoms with Gasteiger partial charge in [0.25, 0.3) is 5.69 Å². The van der Waals surface area contributed by atoms with Crippen LogP contribution in [0.15, 0.2) is 60.7 Å². The molecule has 7 heteroatoms. The molecule has 0 aliphatic rings. The summed E-state index contributed by atoms with van der Waals surface area (Å²) < 4.78 is 6.87. The lowest BCUT2D eigenvalue weighted by molar-refractivity contribution is -0.384. The number of carbonyl (C=O) groups excluding carboxylic acids is 2. The minimum atomic E-state index is -0.546. The van der Waals surface area contributed by atoms with Gasteiger partial charge in [0.1, 0.15) is 0 Å². The fourth-order valence-electron chi connectivity index (χ4n) is 3.58. The van der Waals surface area contributed by atoms with Crippen molar-refractivity contribution in [2.75, 3.05) is 6.61 Å². The van der Waals surface area contributed by atoms with Crippen LogP contribution in [0, 0.1) is 17.0 Å². The molecule has 4 aromatic rings. The average molecular weight is 402 g/mol. The summed E-state index contributed by atoms with van der Waals surface area (Å²) in [5.74, 6) is -0.947. The molecule has 2 aromatic carbocycles. The minimum Gasteiger partial charge on any atom is -0.462 e. The van der Waals surface area contributed by atoms with Crippen LogP contribution >= 0.6 is 0 Å². The summed E-state index contributed by atoms with van der Waals surface area (Å²) in [7, 11) is 0. The number of hydrogen-bond donors (Lipinski definition) is 0. The summed E-state index contributed by atoms with van der Waals surface area (Å²) >= 11 is 0. The predicted octanol–water partition coefficient (Wildman–Crippen LogP) is 4.72. The van der Waals surface area contributed by atoms with Crippen molar-refractivity contribution in [1.82, 2.24) is 4.40 Å². The van der Waals surface area contributed by atoms with Gasteiger partial charge in [-0.3, -0.25) is 14.9 Å². The lowest BCUT2D eigenvalue weighted by Gasteiger charge is -2.08. The van der Waals surface area contributed by atoms with Crippen LogP contribution in [0.1, 0.15) is 38.9 Å². The van der Waals surface area contributed by atoms with Crippen LogP contribution in [0.3, 0.4) is 0 Å². The van der Waals surface area contributed by atoms with Crippen LogP contribution in [0.2, 0.25) is 0 Å². The van der Waals surface area contributed by atoms with Gasteiger partial charge in [0, 0.05) is 17.7 Å². The third-order valence-electron chi connectivity index (χ3n) is 4.93. The second-order valence-electron chi connectivity index (χ2n) is 6.92. The number of pyridine rings is 1. The van der Waals surface area contributed by atoms with Crippen molar-refractivity contribution in [3.8, 4) is 0 Å². The van der Waals surface area contributed by atoms with Gasteiger partial charge in [-0.25, -0.2) is 4.79 Å². The maximum absolute atomic E-state index is 13.3. The Kier molecular flexibility index (Phi) is 4.79. The van der Waals surface area contributed by atoms with E-state index in [1.807, 2.05) is 31.2 Å². The largest absolute Gasteiger partial charge is 0.462 e. The molecule has 0 aliphatic heterocycles. The maximum Gasteiger partial charge on any atom is 0.340 e. The zero-order chi connectivity index (χ0) is 21.4. The Morgan fingerprint density at radius 3 is 2.53 bits per heavy atom. The topological polar surface area (TPSA) is 90.9 Å². The zero-order valence-electron chi connectivity index (χ0n) is 16.4. The number of benzene rings is 2. The molecule has 0 aliphatic carbocycles. The van der Waals surface area contributed by atoms with Crippen molar-refractivity contribution in [1.29, 1.82) is 0 Å². The highest BCUT2D eigenvalue weighted by molar-refractivity contribution is 6.12. The molecule has 2 heterocycles. The molecule has 0 amide bonds. The Bertz CT molecular complexity index is 1340. The highest BCUT2D eigenvalue weighted by Gasteiger charge is 2.23. The van der Waals surface area contributed by atoms with Gasteiger partial charge in [-0.1, -0.05) is 29.8 Å². The van der Waals surface area contributed by atoms with Gasteiger partial charge >= 0.3 is 5.97 Å². The Morgan fingerprint density at radius 1 is 1.03 bits per heavy atom. The average Bonchev–Trinajstić information content (AvgIpc) is 3.13. The fraction of sp³-hybridized carbons (Fsp3) is 0.130. The molecule has 0 bridgehead atoms. The molecule has 7 nitrogen and oxygen atoms in total. The summed E-state index contributed by atoms with van der Waals surface area (Å²) in [5, 5.41) is 12.0. The minimum absolute atomic E-state index is 0.170. The lowest BCUT2D eigenvalue weighted by atomic mass is 10.1. The van der Waals surface area contributed by atoms with Crippen LogP contribution in [-0.4, -0.2) is 27.7 Å². The number of fused-ring (bicyclic) bond motifs is 3. The Balaban J connectivity index is 2.00. The number of esters is 1. The summed E-state index contributed by atoms with van der Waals surface area (Å²) in [6.45, 7) is 3.89. The molecule has 0 radical (unpaired) electrons. The Morgan fingerprint density at radius 2 is 1.80 bits per heavy atom. The van der Waals surface area contributed by atoms with Crippen molar-refractivity contribution in [2.45, 2.75) is 13.8 Å². The van der Waals surface area contributed by atoms with Gasteiger partial charge in [0.15, 0.2) is 0 Å². The number of aryl methyl sites for hydroxylation is 1. The molecule has 0 fully saturated rings. The van der Waals surface area contributed by atoms with E-state index in [1.165, 1.54) is 30.3 Å². The molecule has 30 heavy (non-hydrogen) atoms. The van der Waals surface area contributed by atoms with Gasteiger partial charge in [0.2, 0.25) is 5.78 Å².